The van der Waals surface area contributed by atoms with Crippen LogP contribution in [0.4, 0.5) is 11.4 Å². The number of anilines is 2. The highest BCUT2D eigenvalue weighted by molar-refractivity contribution is 6.33. The molecule has 0 fully saturated rings. The molecule has 0 radical (unpaired) electrons. The van der Waals surface area contributed by atoms with Crippen molar-refractivity contribution in [2.24, 2.45) is 0 Å². The minimum Gasteiger partial charge on any atom is -0.398 e. The van der Waals surface area contributed by atoms with E-state index in [0.717, 1.165) is 11.3 Å². The predicted molar refractivity (Wildman–Crippen MR) is 81.6 cm³/mol. The number of nitrogens with one attached hydrogen (secondary N) is 2. The molecule has 1 amide bonds. The van der Waals surface area contributed by atoms with Gasteiger partial charge in [0.1, 0.15) is 0 Å². The summed E-state index contributed by atoms with van der Waals surface area (Å²) in [5.74, 6) is 0.0270. The lowest BCUT2D eigenvalue weighted by Crippen LogP contribution is -2.41. The van der Waals surface area contributed by atoms with Gasteiger partial charge in [-0.2, -0.15) is 0 Å². The maximum absolute atomic E-state index is 11.7. The Morgan fingerprint density at radius 2 is 2.00 bits per heavy atom. The third kappa shape index (κ3) is 5.39. The number of nitrogens with two attached hydrogens (primary N) is 1. The van der Waals surface area contributed by atoms with Crippen LogP contribution in [0.25, 0.3) is 0 Å². The summed E-state index contributed by atoms with van der Waals surface area (Å²) in [7, 11) is 0. The maximum Gasteiger partial charge on any atom is 0.222 e. The Hall–Kier alpha value is -1.42. The van der Waals surface area contributed by atoms with Crippen LogP contribution in [0.5, 0.6) is 0 Å². The molecule has 0 saturated carbocycles. The normalized spacial score (nSPS) is 11.2. The van der Waals surface area contributed by atoms with Gasteiger partial charge in [-0.15, -0.1) is 0 Å². The Balaban J connectivity index is 2.50. The van der Waals surface area contributed by atoms with E-state index < -0.39 is 0 Å². The fourth-order valence-corrected chi connectivity index (χ4v) is 1.85. The highest BCUT2D eigenvalue weighted by Gasteiger charge is 2.13. The number of rotatable bonds is 4. The van der Waals surface area contributed by atoms with Crippen molar-refractivity contribution in [3.05, 3.63) is 22.7 Å². The van der Waals surface area contributed by atoms with Gasteiger partial charge in [-0.25, -0.2) is 0 Å². The van der Waals surface area contributed by atoms with Gasteiger partial charge in [-0.3, -0.25) is 4.79 Å². The Labute approximate surface area is 119 Å². The highest BCUT2D eigenvalue weighted by Crippen LogP contribution is 2.26. The Bertz CT molecular complexity index is 466. The minimum atomic E-state index is -0.197. The van der Waals surface area contributed by atoms with E-state index in [4.69, 9.17) is 17.3 Å². The van der Waals surface area contributed by atoms with Gasteiger partial charge in [0.05, 0.1) is 10.7 Å². The monoisotopic (exact) mass is 283 g/mol. The molecule has 106 valence electrons. The molecule has 5 heteroatoms. The van der Waals surface area contributed by atoms with Crippen molar-refractivity contribution < 1.29 is 4.79 Å². The summed E-state index contributed by atoms with van der Waals surface area (Å²) in [6.45, 7) is 8.39. The summed E-state index contributed by atoms with van der Waals surface area (Å²) in [6, 6.07) is 3.60. The van der Waals surface area contributed by atoms with Crippen molar-refractivity contribution in [1.29, 1.82) is 0 Å². The summed E-state index contributed by atoms with van der Waals surface area (Å²) < 4.78 is 0. The van der Waals surface area contributed by atoms with Crippen molar-refractivity contribution in [2.45, 2.75) is 39.7 Å². The highest BCUT2D eigenvalue weighted by atomic mass is 35.5. The van der Waals surface area contributed by atoms with Gasteiger partial charge in [0, 0.05) is 24.2 Å². The molecule has 1 aromatic carbocycles. The second-order valence-electron chi connectivity index (χ2n) is 5.66. The molecule has 4 nitrogen and oxygen atoms in total. The number of amides is 1. The largest absolute Gasteiger partial charge is 0.398 e. The van der Waals surface area contributed by atoms with Crippen LogP contribution in [0.3, 0.4) is 0 Å². The number of aryl methyl sites for hydroxylation is 1. The summed E-state index contributed by atoms with van der Waals surface area (Å²) >= 11 is 5.97. The topological polar surface area (TPSA) is 67.1 Å². The predicted octanol–water partition coefficient (Wildman–Crippen LogP) is 2.95. The first-order valence-electron chi connectivity index (χ1n) is 6.29. The number of nitrogen functional groups attached to an aromatic ring is 1. The molecule has 0 unspecified atom stereocenters. The number of benzene rings is 1. The molecule has 0 aliphatic rings. The number of carbonyl (C=O) groups excluding carboxylic acids is 1. The van der Waals surface area contributed by atoms with E-state index >= 15 is 0 Å². The van der Waals surface area contributed by atoms with Crippen molar-refractivity contribution in [1.82, 2.24) is 5.32 Å². The quantitative estimate of drug-likeness (QED) is 0.744. The molecule has 0 aliphatic heterocycles. The molecule has 1 aromatic rings. The lowest BCUT2D eigenvalue weighted by Gasteiger charge is -2.20. The minimum absolute atomic E-state index is 0.0270. The standard InChI is InChI=1S/C14H22ClN3O/c1-9-7-11(16)10(15)8-12(9)17-6-5-13(19)18-14(2,3)4/h7-8,17H,5-6,16H2,1-4H3,(H,18,19). The zero-order chi connectivity index (χ0) is 14.6. The number of carbonyl (C=O) groups is 1. The molecule has 0 aromatic heterocycles. The second-order valence-corrected chi connectivity index (χ2v) is 6.07. The van der Waals surface area contributed by atoms with E-state index in [1.54, 1.807) is 6.07 Å². The maximum atomic E-state index is 11.7. The number of halogens is 1. The molecule has 19 heavy (non-hydrogen) atoms. The van der Waals surface area contributed by atoms with Gasteiger partial charge in [-0.05, 0) is 45.4 Å². The molecule has 0 bridgehead atoms. The molecule has 0 heterocycles. The van der Waals surface area contributed by atoms with Crippen LogP contribution in [0.2, 0.25) is 5.02 Å². The van der Waals surface area contributed by atoms with Crippen LogP contribution in [-0.2, 0) is 4.79 Å². The third-order valence-corrected chi connectivity index (χ3v) is 2.85. The lowest BCUT2D eigenvalue weighted by molar-refractivity contribution is -0.122. The molecule has 0 saturated heterocycles. The molecule has 1 rings (SSSR count). The summed E-state index contributed by atoms with van der Waals surface area (Å²) in [6.07, 6.45) is 0.415. The van der Waals surface area contributed by atoms with E-state index in [2.05, 4.69) is 10.6 Å². The molecular formula is C14H22ClN3O. The van der Waals surface area contributed by atoms with Crippen LogP contribution in [0.1, 0.15) is 32.8 Å². The van der Waals surface area contributed by atoms with Gasteiger partial charge in [-0.1, -0.05) is 11.6 Å². The summed E-state index contributed by atoms with van der Waals surface area (Å²) in [4.78, 5) is 11.7. The van der Waals surface area contributed by atoms with E-state index in [0.29, 0.717) is 23.7 Å². The zero-order valence-corrected chi connectivity index (χ0v) is 12.7. The average Bonchev–Trinajstić information content (AvgIpc) is 2.22. The lowest BCUT2D eigenvalue weighted by atomic mass is 10.1. The van der Waals surface area contributed by atoms with Gasteiger partial charge in [0.25, 0.3) is 0 Å². The Morgan fingerprint density at radius 1 is 1.37 bits per heavy atom. The fraction of sp³-hybridized carbons (Fsp3) is 0.500. The first kappa shape index (κ1) is 15.6. The third-order valence-electron chi connectivity index (χ3n) is 2.53. The van der Waals surface area contributed by atoms with E-state index in [1.165, 1.54) is 0 Å². The van der Waals surface area contributed by atoms with Crippen LogP contribution >= 0.6 is 11.6 Å². The van der Waals surface area contributed by atoms with Crippen LogP contribution in [-0.4, -0.2) is 18.0 Å². The van der Waals surface area contributed by atoms with Crippen molar-refractivity contribution in [3.63, 3.8) is 0 Å². The SMILES string of the molecule is Cc1cc(N)c(Cl)cc1NCCC(=O)NC(C)(C)C. The van der Waals surface area contributed by atoms with Crippen LogP contribution in [0, 0.1) is 6.92 Å². The summed E-state index contributed by atoms with van der Waals surface area (Å²) in [5.41, 5.74) is 8.00. The molecule has 4 N–H and O–H groups in total. The average molecular weight is 284 g/mol. The van der Waals surface area contributed by atoms with E-state index in [1.807, 2.05) is 33.8 Å². The van der Waals surface area contributed by atoms with Crippen molar-refractivity contribution >= 4 is 28.9 Å². The molecule has 0 spiro atoms. The van der Waals surface area contributed by atoms with E-state index in [9.17, 15) is 4.79 Å². The molecular weight excluding hydrogens is 262 g/mol. The summed E-state index contributed by atoms with van der Waals surface area (Å²) in [5, 5.41) is 6.63. The Morgan fingerprint density at radius 3 is 2.58 bits per heavy atom. The van der Waals surface area contributed by atoms with Gasteiger partial charge < -0.3 is 16.4 Å². The first-order valence-corrected chi connectivity index (χ1v) is 6.67. The fourth-order valence-electron chi connectivity index (χ4n) is 1.69. The van der Waals surface area contributed by atoms with Crippen LogP contribution < -0.4 is 16.4 Å². The van der Waals surface area contributed by atoms with Gasteiger partial charge in [0.2, 0.25) is 5.91 Å². The van der Waals surface area contributed by atoms with Crippen molar-refractivity contribution in [2.75, 3.05) is 17.6 Å². The number of hydrogen-bond acceptors (Lipinski definition) is 3. The molecule has 0 aliphatic carbocycles. The number of hydrogen-bond donors (Lipinski definition) is 3. The zero-order valence-electron chi connectivity index (χ0n) is 11.9. The first-order chi connectivity index (χ1) is 8.69. The second kappa shape index (κ2) is 6.15. The van der Waals surface area contributed by atoms with Crippen LogP contribution in [0.15, 0.2) is 12.1 Å². The van der Waals surface area contributed by atoms with Crippen molar-refractivity contribution in [3.8, 4) is 0 Å². The van der Waals surface area contributed by atoms with Gasteiger partial charge >= 0.3 is 0 Å². The van der Waals surface area contributed by atoms with E-state index in [-0.39, 0.29) is 11.4 Å². The molecule has 0 atom stereocenters. The smallest absolute Gasteiger partial charge is 0.222 e. The Kier molecular flexibility index (Phi) is 5.06. The van der Waals surface area contributed by atoms with Gasteiger partial charge in [0.15, 0.2) is 0 Å².